The molecule has 0 aromatic heterocycles. The Hall–Kier alpha value is -1.81. The fraction of sp³-hybridized carbons (Fsp3) is 0.421. The van der Waals surface area contributed by atoms with Gasteiger partial charge in [0.2, 0.25) is 0 Å². The number of hydrogen-bond acceptors (Lipinski definition) is 3. The van der Waals surface area contributed by atoms with Crippen molar-refractivity contribution in [3.63, 3.8) is 0 Å². The fourth-order valence-corrected chi connectivity index (χ4v) is 3.99. The summed E-state index contributed by atoms with van der Waals surface area (Å²) >= 11 is 5.19. The van der Waals surface area contributed by atoms with Crippen molar-refractivity contribution in [3.8, 4) is 0 Å². The zero-order chi connectivity index (χ0) is 17.3. The predicted molar refractivity (Wildman–Crippen MR) is 96.9 cm³/mol. The Morgan fingerprint density at radius 3 is 2.48 bits per heavy atom. The average Bonchev–Trinajstić information content (AvgIpc) is 2.45. The van der Waals surface area contributed by atoms with E-state index in [0.29, 0.717) is 29.8 Å². The van der Waals surface area contributed by atoms with E-state index in [1.54, 1.807) is 6.92 Å². The molecule has 2 N–H and O–H groups in total. The van der Waals surface area contributed by atoms with Crippen molar-refractivity contribution in [3.05, 3.63) is 45.5 Å². The van der Waals surface area contributed by atoms with Gasteiger partial charge in [-0.1, -0.05) is 31.3 Å². The summed E-state index contributed by atoms with van der Waals surface area (Å²) < 4.78 is 0. The monoisotopic (exact) mass is 329 g/mol. The van der Waals surface area contributed by atoms with Crippen LogP contribution in [0.15, 0.2) is 17.7 Å². The van der Waals surface area contributed by atoms with Crippen molar-refractivity contribution < 1.29 is 9.59 Å². The highest BCUT2D eigenvalue weighted by Gasteiger charge is 2.29. The molecular formula is C19H23NO2S. The summed E-state index contributed by atoms with van der Waals surface area (Å²) in [6.45, 7) is 7.86. The van der Waals surface area contributed by atoms with Gasteiger partial charge < -0.3 is 5.73 Å². The lowest BCUT2D eigenvalue weighted by Crippen LogP contribution is -2.22. The lowest BCUT2D eigenvalue weighted by molar-refractivity contribution is -0.121. The van der Waals surface area contributed by atoms with Gasteiger partial charge in [-0.15, -0.1) is 0 Å². The van der Waals surface area contributed by atoms with E-state index in [-0.39, 0.29) is 17.5 Å². The molecule has 0 bridgehead atoms. The third kappa shape index (κ3) is 3.27. The van der Waals surface area contributed by atoms with Crippen LogP contribution in [0.1, 0.15) is 59.9 Å². The van der Waals surface area contributed by atoms with Gasteiger partial charge in [0.15, 0.2) is 11.6 Å². The summed E-state index contributed by atoms with van der Waals surface area (Å²) in [6.07, 6.45) is 3.26. The molecule has 1 atom stereocenters. The number of Topliss-reactive ketones (excluding diaryl/α,β-unsaturated/α-hetero) is 2. The van der Waals surface area contributed by atoms with Crippen molar-refractivity contribution in [2.45, 2.75) is 52.9 Å². The Morgan fingerprint density at radius 2 is 1.96 bits per heavy atom. The molecule has 1 aromatic rings. The van der Waals surface area contributed by atoms with Crippen molar-refractivity contribution >= 4 is 28.8 Å². The lowest BCUT2D eigenvalue weighted by atomic mass is 9.77. The first kappa shape index (κ1) is 17.5. The highest BCUT2D eigenvalue weighted by Crippen LogP contribution is 2.36. The number of carbonyl (C=O) groups excluding carboxylic acids is 2. The van der Waals surface area contributed by atoms with Crippen LogP contribution in [0.2, 0.25) is 0 Å². The first-order valence-electron chi connectivity index (χ1n) is 7.94. The van der Waals surface area contributed by atoms with E-state index in [1.807, 2.05) is 19.9 Å². The standard InChI is InChI=1S/C19H23NO2S/c1-5-15(21)14-7-6-13(9-16(14)22)17-10(2)8-11(3)18(12(17)4)19(20)23/h7-8,13H,5-6,9H2,1-4H3,(H2,20,23). The van der Waals surface area contributed by atoms with Crippen LogP contribution in [-0.2, 0) is 9.59 Å². The number of aryl methyl sites for hydroxylation is 2. The van der Waals surface area contributed by atoms with Crippen LogP contribution in [0.3, 0.4) is 0 Å². The number of hydrogen-bond donors (Lipinski definition) is 1. The molecular weight excluding hydrogens is 306 g/mol. The number of carbonyl (C=O) groups is 2. The second kappa shape index (κ2) is 6.75. The molecule has 1 unspecified atom stereocenters. The van der Waals surface area contributed by atoms with Gasteiger partial charge in [-0.2, -0.15) is 0 Å². The molecule has 1 aliphatic rings. The number of allylic oxidation sites excluding steroid dienone is 2. The zero-order valence-electron chi connectivity index (χ0n) is 14.2. The molecule has 1 aromatic carbocycles. The van der Waals surface area contributed by atoms with Gasteiger partial charge >= 0.3 is 0 Å². The van der Waals surface area contributed by atoms with Gasteiger partial charge in [-0.25, -0.2) is 0 Å². The van der Waals surface area contributed by atoms with Gasteiger partial charge in [-0.05, 0) is 55.4 Å². The first-order valence-corrected chi connectivity index (χ1v) is 8.35. The maximum atomic E-state index is 12.3. The van der Waals surface area contributed by atoms with Crippen molar-refractivity contribution in [2.75, 3.05) is 0 Å². The van der Waals surface area contributed by atoms with Gasteiger partial charge in [0.1, 0.15) is 4.99 Å². The van der Waals surface area contributed by atoms with Crippen LogP contribution < -0.4 is 5.73 Å². The van der Waals surface area contributed by atoms with E-state index in [1.165, 1.54) is 0 Å². The minimum Gasteiger partial charge on any atom is -0.389 e. The molecule has 2 rings (SSSR count). The van der Waals surface area contributed by atoms with E-state index in [4.69, 9.17) is 18.0 Å². The van der Waals surface area contributed by atoms with E-state index in [9.17, 15) is 9.59 Å². The number of ketones is 2. The second-order valence-corrected chi connectivity index (χ2v) is 6.68. The van der Waals surface area contributed by atoms with E-state index < -0.39 is 0 Å². The minimum atomic E-state index is -0.0605. The normalized spacial score (nSPS) is 17.8. The van der Waals surface area contributed by atoms with Crippen LogP contribution >= 0.6 is 12.2 Å². The molecule has 0 fully saturated rings. The molecule has 0 saturated carbocycles. The topological polar surface area (TPSA) is 60.2 Å². The van der Waals surface area contributed by atoms with Crippen LogP contribution in [-0.4, -0.2) is 16.6 Å². The Balaban J connectivity index is 2.47. The van der Waals surface area contributed by atoms with E-state index in [0.717, 1.165) is 27.8 Å². The number of nitrogens with two attached hydrogens (primary N) is 1. The summed E-state index contributed by atoms with van der Waals surface area (Å²) in [5.74, 6) is -0.0245. The van der Waals surface area contributed by atoms with Crippen LogP contribution in [0.25, 0.3) is 0 Å². The van der Waals surface area contributed by atoms with Gasteiger partial charge in [-0.3, -0.25) is 9.59 Å². The maximum absolute atomic E-state index is 12.3. The zero-order valence-corrected chi connectivity index (χ0v) is 15.0. The lowest BCUT2D eigenvalue weighted by Gasteiger charge is -2.26. The Labute approximate surface area is 143 Å². The molecule has 1 aliphatic carbocycles. The number of rotatable bonds is 4. The minimum absolute atomic E-state index is 0.0515. The molecule has 0 radical (unpaired) electrons. The van der Waals surface area contributed by atoms with Crippen LogP contribution in [0.5, 0.6) is 0 Å². The average molecular weight is 329 g/mol. The summed E-state index contributed by atoms with van der Waals surface area (Å²) in [4.78, 5) is 24.6. The summed E-state index contributed by atoms with van der Waals surface area (Å²) in [5, 5.41) is 0. The maximum Gasteiger partial charge on any atom is 0.166 e. The molecule has 0 amide bonds. The summed E-state index contributed by atoms with van der Waals surface area (Å²) in [5.41, 5.74) is 11.6. The summed E-state index contributed by atoms with van der Waals surface area (Å²) in [6, 6.07) is 2.08. The molecule has 3 nitrogen and oxygen atoms in total. The van der Waals surface area contributed by atoms with Crippen molar-refractivity contribution in [1.29, 1.82) is 0 Å². The van der Waals surface area contributed by atoms with Gasteiger partial charge in [0, 0.05) is 18.4 Å². The smallest absolute Gasteiger partial charge is 0.166 e. The molecule has 0 spiro atoms. The molecule has 122 valence electrons. The highest BCUT2D eigenvalue weighted by atomic mass is 32.1. The number of benzene rings is 1. The molecule has 23 heavy (non-hydrogen) atoms. The Bertz CT molecular complexity index is 731. The predicted octanol–water partition coefficient (Wildman–Crippen LogP) is 3.60. The first-order chi connectivity index (χ1) is 10.8. The summed E-state index contributed by atoms with van der Waals surface area (Å²) in [7, 11) is 0. The van der Waals surface area contributed by atoms with Crippen molar-refractivity contribution in [1.82, 2.24) is 0 Å². The SMILES string of the molecule is CCC(=O)C1=CCC(c2c(C)cc(C)c(C(N)=S)c2C)CC1=O. The Morgan fingerprint density at radius 1 is 1.30 bits per heavy atom. The van der Waals surface area contributed by atoms with Gasteiger partial charge in [0.05, 0.1) is 5.57 Å². The number of thiocarbonyl (C=S) groups is 1. The van der Waals surface area contributed by atoms with E-state index in [2.05, 4.69) is 13.0 Å². The molecule has 4 heteroatoms. The third-order valence-electron chi connectivity index (χ3n) is 4.65. The third-order valence-corrected chi connectivity index (χ3v) is 4.85. The fourth-order valence-electron chi connectivity index (χ4n) is 3.68. The quantitative estimate of drug-likeness (QED) is 0.677. The molecule has 0 aliphatic heterocycles. The Kier molecular flexibility index (Phi) is 5.15. The van der Waals surface area contributed by atoms with E-state index >= 15 is 0 Å². The van der Waals surface area contributed by atoms with Crippen LogP contribution in [0, 0.1) is 20.8 Å². The second-order valence-electron chi connectivity index (χ2n) is 6.24. The van der Waals surface area contributed by atoms with Crippen molar-refractivity contribution in [2.24, 2.45) is 5.73 Å². The van der Waals surface area contributed by atoms with Gasteiger partial charge in [0.25, 0.3) is 0 Å². The van der Waals surface area contributed by atoms with Crippen LogP contribution in [0.4, 0.5) is 0 Å². The highest BCUT2D eigenvalue weighted by molar-refractivity contribution is 7.80. The molecule has 0 heterocycles. The molecule has 0 saturated heterocycles. The largest absolute Gasteiger partial charge is 0.389 e.